The number of methoxy groups -OCH3 is 1. The fourth-order valence-corrected chi connectivity index (χ4v) is 3.75. The lowest BCUT2D eigenvalue weighted by molar-refractivity contribution is -0.140. The van der Waals surface area contributed by atoms with Crippen LogP contribution < -0.4 is 10.1 Å². The van der Waals surface area contributed by atoms with E-state index < -0.39 is 6.04 Å². The molecular formula is C23H30N2O3S. The largest absolute Gasteiger partial charge is 0.497 e. The molecule has 0 aliphatic rings. The Balaban J connectivity index is 2.06. The van der Waals surface area contributed by atoms with Gasteiger partial charge in [-0.1, -0.05) is 29.8 Å². The van der Waals surface area contributed by atoms with E-state index >= 15 is 0 Å². The van der Waals surface area contributed by atoms with Gasteiger partial charge in [0.1, 0.15) is 11.8 Å². The van der Waals surface area contributed by atoms with Crippen LogP contribution in [0.3, 0.4) is 0 Å². The van der Waals surface area contributed by atoms with Crippen LogP contribution in [0.2, 0.25) is 0 Å². The molecule has 6 heteroatoms. The Morgan fingerprint density at radius 2 is 1.90 bits per heavy atom. The third-order valence-electron chi connectivity index (χ3n) is 4.61. The minimum absolute atomic E-state index is 0.0359. The molecule has 0 spiro atoms. The molecule has 0 fully saturated rings. The van der Waals surface area contributed by atoms with Crippen LogP contribution in [-0.4, -0.2) is 42.2 Å². The number of thioether (sulfide) groups is 1. The van der Waals surface area contributed by atoms with E-state index in [0.29, 0.717) is 25.3 Å². The van der Waals surface area contributed by atoms with E-state index in [4.69, 9.17) is 4.74 Å². The summed E-state index contributed by atoms with van der Waals surface area (Å²) in [6.45, 7) is 6.60. The number of likely N-dealkylation sites (N-methyl/N-ethyl adjacent to an activating group) is 1. The molecule has 2 aromatic rings. The first-order valence-corrected chi connectivity index (χ1v) is 10.8. The van der Waals surface area contributed by atoms with Gasteiger partial charge in [-0.15, -0.1) is 11.8 Å². The highest BCUT2D eigenvalue weighted by atomic mass is 32.2. The number of hydrogen-bond acceptors (Lipinski definition) is 4. The number of nitrogens with one attached hydrogen (secondary N) is 1. The summed E-state index contributed by atoms with van der Waals surface area (Å²) >= 11 is 1.65. The Labute approximate surface area is 177 Å². The van der Waals surface area contributed by atoms with Crippen LogP contribution >= 0.6 is 11.8 Å². The molecule has 2 amide bonds. The van der Waals surface area contributed by atoms with Crippen molar-refractivity contribution in [3.05, 3.63) is 59.7 Å². The van der Waals surface area contributed by atoms with Gasteiger partial charge < -0.3 is 15.0 Å². The molecule has 2 rings (SSSR count). The Hall–Kier alpha value is -2.47. The molecule has 0 saturated heterocycles. The monoisotopic (exact) mass is 414 g/mol. The van der Waals surface area contributed by atoms with Gasteiger partial charge in [0, 0.05) is 30.2 Å². The SMILES string of the molecule is CCNC(=O)C(C)N(Cc1cccc(OC)c1)C(=O)CCSc1ccc(C)cc1. The third-order valence-corrected chi connectivity index (χ3v) is 5.62. The number of ether oxygens (including phenoxy) is 1. The lowest BCUT2D eigenvalue weighted by Gasteiger charge is -2.29. The lowest BCUT2D eigenvalue weighted by Crippen LogP contribution is -2.47. The normalized spacial score (nSPS) is 11.6. The van der Waals surface area contributed by atoms with Crippen molar-refractivity contribution in [2.45, 2.75) is 44.7 Å². The molecular weight excluding hydrogens is 384 g/mol. The molecule has 29 heavy (non-hydrogen) atoms. The van der Waals surface area contributed by atoms with Crippen molar-refractivity contribution in [1.29, 1.82) is 0 Å². The van der Waals surface area contributed by atoms with E-state index in [9.17, 15) is 9.59 Å². The summed E-state index contributed by atoms with van der Waals surface area (Å²) in [7, 11) is 1.61. The zero-order valence-corrected chi connectivity index (χ0v) is 18.4. The van der Waals surface area contributed by atoms with E-state index in [2.05, 4.69) is 36.5 Å². The number of amides is 2. The van der Waals surface area contributed by atoms with Crippen LogP contribution in [0.4, 0.5) is 0 Å². The summed E-state index contributed by atoms with van der Waals surface area (Å²) in [6.07, 6.45) is 0.367. The number of carbonyl (C=O) groups is 2. The van der Waals surface area contributed by atoms with Crippen molar-refractivity contribution < 1.29 is 14.3 Å². The van der Waals surface area contributed by atoms with Crippen molar-refractivity contribution in [2.24, 2.45) is 0 Å². The second-order valence-electron chi connectivity index (χ2n) is 6.86. The Kier molecular flexibility index (Phi) is 9.06. The fourth-order valence-electron chi connectivity index (χ4n) is 2.91. The van der Waals surface area contributed by atoms with Gasteiger partial charge in [-0.25, -0.2) is 0 Å². The van der Waals surface area contributed by atoms with E-state index in [0.717, 1.165) is 16.2 Å². The molecule has 1 atom stereocenters. The minimum atomic E-state index is -0.543. The molecule has 0 aliphatic heterocycles. The quantitative estimate of drug-likeness (QED) is 0.596. The maximum Gasteiger partial charge on any atom is 0.242 e. The molecule has 5 nitrogen and oxygen atoms in total. The summed E-state index contributed by atoms with van der Waals surface area (Å²) in [5.74, 6) is 1.22. The zero-order chi connectivity index (χ0) is 21.2. The Bertz CT molecular complexity index is 808. The lowest BCUT2D eigenvalue weighted by atomic mass is 10.1. The summed E-state index contributed by atoms with van der Waals surface area (Å²) in [6, 6.07) is 15.3. The number of nitrogens with zero attached hydrogens (tertiary/aromatic N) is 1. The number of benzene rings is 2. The molecule has 0 heterocycles. The molecule has 0 aliphatic carbocycles. The smallest absolute Gasteiger partial charge is 0.242 e. The first-order valence-electron chi connectivity index (χ1n) is 9.84. The molecule has 156 valence electrons. The van der Waals surface area contributed by atoms with Crippen LogP contribution in [-0.2, 0) is 16.1 Å². The predicted molar refractivity (Wildman–Crippen MR) is 118 cm³/mol. The second kappa shape index (κ2) is 11.5. The van der Waals surface area contributed by atoms with Gasteiger partial charge in [-0.2, -0.15) is 0 Å². The minimum Gasteiger partial charge on any atom is -0.497 e. The fraction of sp³-hybridized carbons (Fsp3) is 0.391. The Morgan fingerprint density at radius 1 is 1.17 bits per heavy atom. The molecule has 0 aromatic heterocycles. The zero-order valence-electron chi connectivity index (χ0n) is 17.6. The van der Waals surface area contributed by atoms with Crippen molar-refractivity contribution in [3.63, 3.8) is 0 Å². The standard InChI is InChI=1S/C23H30N2O3S/c1-5-24-23(27)18(3)25(16-19-7-6-8-20(15-19)28-4)22(26)13-14-29-21-11-9-17(2)10-12-21/h6-12,15,18H,5,13-14,16H2,1-4H3,(H,24,27). The van der Waals surface area contributed by atoms with Crippen LogP contribution in [0, 0.1) is 6.92 Å². The van der Waals surface area contributed by atoms with Gasteiger partial charge in [-0.05, 0) is 50.6 Å². The maximum absolute atomic E-state index is 13.0. The number of aryl methyl sites for hydroxylation is 1. The highest BCUT2D eigenvalue weighted by Gasteiger charge is 2.25. The first-order chi connectivity index (χ1) is 13.9. The van der Waals surface area contributed by atoms with Crippen molar-refractivity contribution in [1.82, 2.24) is 10.2 Å². The van der Waals surface area contributed by atoms with Crippen LogP contribution in [0.1, 0.15) is 31.4 Å². The summed E-state index contributed by atoms with van der Waals surface area (Å²) < 4.78 is 5.28. The Morgan fingerprint density at radius 3 is 2.55 bits per heavy atom. The number of carbonyl (C=O) groups excluding carboxylic acids is 2. The molecule has 2 aromatic carbocycles. The molecule has 1 N–H and O–H groups in total. The highest BCUT2D eigenvalue weighted by molar-refractivity contribution is 7.99. The third kappa shape index (κ3) is 7.13. The molecule has 1 unspecified atom stereocenters. The van der Waals surface area contributed by atoms with Gasteiger partial charge in [-0.3, -0.25) is 9.59 Å². The maximum atomic E-state index is 13.0. The average Bonchev–Trinajstić information content (AvgIpc) is 2.73. The van der Waals surface area contributed by atoms with Crippen LogP contribution in [0.15, 0.2) is 53.4 Å². The average molecular weight is 415 g/mol. The van der Waals surface area contributed by atoms with Crippen LogP contribution in [0.25, 0.3) is 0 Å². The molecule has 0 radical (unpaired) electrons. The summed E-state index contributed by atoms with van der Waals surface area (Å²) in [4.78, 5) is 28.2. The summed E-state index contributed by atoms with van der Waals surface area (Å²) in [5.41, 5.74) is 2.14. The number of hydrogen-bond donors (Lipinski definition) is 1. The summed E-state index contributed by atoms with van der Waals surface area (Å²) in [5, 5.41) is 2.81. The van der Waals surface area contributed by atoms with E-state index in [1.54, 1.807) is 30.7 Å². The van der Waals surface area contributed by atoms with Gasteiger partial charge in [0.2, 0.25) is 11.8 Å². The highest BCUT2D eigenvalue weighted by Crippen LogP contribution is 2.21. The van der Waals surface area contributed by atoms with Gasteiger partial charge in [0.05, 0.1) is 7.11 Å². The van der Waals surface area contributed by atoms with E-state index in [-0.39, 0.29) is 11.8 Å². The van der Waals surface area contributed by atoms with Gasteiger partial charge >= 0.3 is 0 Å². The van der Waals surface area contributed by atoms with Crippen molar-refractivity contribution in [3.8, 4) is 5.75 Å². The second-order valence-corrected chi connectivity index (χ2v) is 8.02. The molecule has 0 bridgehead atoms. The van der Waals surface area contributed by atoms with Crippen molar-refractivity contribution in [2.75, 3.05) is 19.4 Å². The van der Waals surface area contributed by atoms with Gasteiger partial charge in [0.25, 0.3) is 0 Å². The predicted octanol–water partition coefficient (Wildman–Crippen LogP) is 4.04. The van der Waals surface area contributed by atoms with E-state index in [1.807, 2.05) is 31.2 Å². The first kappa shape index (κ1) is 22.8. The van der Waals surface area contributed by atoms with E-state index in [1.165, 1.54) is 5.56 Å². The number of rotatable bonds is 10. The van der Waals surface area contributed by atoms with Crippen LogP contribution in [0.5, 0.6) is 5.75 Å². The van der Waals surface area contributed by atoms with Crippen molar-refractivity contribution >= 4 is 23.6 Å². The molecule has 0 saturated carbocycles. The van der Waals surface area contributed by atoms with Gasteiger partial charge in [0.15, 0.2) is 0 Å². The topological polar surface area (TPSA) is 58.6 Å².